The maximum atomic E-state index is 11.9. The molecular formula is C23H39N5O2. The number of likely N-dealkylation sites (tertiary alicyclic amines) is 1. The summed E-state index contributed by atoms with van der Waals surface area (Å²) in [4.78, 5) is 20.5. The Kier molecular flexibility index (Phi) is 10.5. The maximum absolute atomic E-state index is 11.9. The summed E-state index contributed by atoms with van der Waals surface area (Å²) in [5, 5.41) is 6.76. The average molecular weight is 418 g/mol. The molecule has 0 spiro atoms. The number of nitrogens with one attached hydrogen (secondary N) is 2. The largest absolute Gasteiger partial charge is 0.497 e. The van der Waals surface area contributed by atoms with E-state index in [9.17, 15) is 4.79 Å². The average Bonchev–Trinajstić information content (AvgIpc) is 2.75. The molecule has 1 saturated heterocycles. The van der Waals surface area contributed by atoms with Gasteiger partial charge in [0, 0.05) is 39.8 Å². The van der Waals surface area contributed by atoms with Gasteiger partial charge in [-0.2, -0.15) is 0 Å². The molecule has 1 aliphatic heterocycles. The van der Waals surface area contributed by atoms with Crippen LogP contribution in [0.4, 0.5) is 0 Å². The molecule has 0 aromatic heterocycles. The number of carbonyl (C=O) groups is 1. The molecule has 1 aromatic rings. The second-order valence-corrected chi connectivity index (χ2v) is 8.14. The second kappa shape index (κ2) is 13.1. The molecule has 0 aliphatic carbocycles. The molecule has 30 heavy (non-hydrogen) atoms. The molecular weight excluding hydrogens is 378 g/mol. The van der Waals surface area contributed by atoms with Crippen LogP contribution >= 0.6 is 0 Å². The summed E-state index contributed by atoms with van der Waals surface area (Å²) in [6.07, 6.45) is 5.90. The Labute approximate surface area is 181 Å². The van der Waals surface area contributed by atoms with Crippen molar-refractivity contribution < 1.29 is 9.53 Å². The number of piperidine rings is 1. The number of amides is 1. The molecule has 1 heterocycles. The highest BCUT2D eigenvalue weighted by atomic mass is 16.5. The minimum atomic E-state index is -0.00611. The van der Waals surface area contributed by atoms with Crippen LogP contribution in [0.25, 0.3) is 0 Å². The Morgan fingerprint density at radius 1 is 1.20 bits per heavy atom. The number of guanidine groups is 1. The van der Waals surface area contributed by atoms with E-state index in [1.807, 2.05) is 12.1 Å². The number of nitrogens with zero attached hydrogens (tertiary/aromatic N) is 3. The lowest BCUT2D eigenvalue weighted by atomic mass is 10.0. The number of ether oxygens (including phenoxy) is 1. The van der Waals surface area contributed by atoms with Gasteiger partial charge in [-0.05, 0) is 56.8 Å². The molecule has 7 nitrogen and oxygen atoms in total. The highest BCUT2D eigenvalue weighted by molar-refractivity contribution is 5.84. The van der Waals surface area contributed by atoms with Crippen LogP contribution in [0.2, 0.25) is 0 Å². The van der Waals surface area contributed by atoms with Crippen molar-refractivity contribution in [2.75, 3.05) is 53.9 Å². The summed E-state index contributed by atoms with van der Waals surface area (Å²) in [6.45, 7) is 6.37. The first-order chi connectivity index (χ1) is 14.5. The lowest BCUT2D eigenvalue weighted by Gasteiger charge is -2.33. The molecule has 1 amide bonds. The molecule has 1 aliphatic rings. The Balaban J connectivity index is 1.79. The van der Waals surface area contributed by atoms with Crippen molar-refractivity contribution >= 4 is 11.9 Å². The zero-order valence-electron chi connectivity index (χ0n) is 19.1. The standard InChI is InChI=1S/C23H39N5O2/c1-19-8-5-6-16-28(19)17-7-14-24-23(26-18-22(29)27(2)3)25-15-13-20-9-11-21(30-4)12-10-20/h9-12,19H,5-8,13-18H2,1-4H3,(H2,24,25,26). The number of hydrogen-bond acceptors (Lipinski definition) is 4. The molecule has 1 aromatic carbocycles. The smallest absolute Gasteiger partial charge is 0.243 e. The van der Waals surface area contributed by atoms with Crippen molar-refractivity contribution in [3.63, 3.8) is 0 Å². The number of hydrogen-bond donors (Lipinski definition) is 2. The van der Waals surface area contributed by atoms with Crippen molar-refractivity contribution in [3.8, 4) is 5.75 Å². The van der Waals surface area contributed by atoms with Crippen LogP contribution in [0, 0.1) is 0 Å². The van der Waals surface area contributed by atoms with E-state index in [0.29, 0.717) is 12.0 Å². The molecule has 7 heteroatoms. The van der Waals surface area contributed by atoms with Gasteiger partial charge in [0.25, 0.3) is 0 Å². The fraction of sp³-hybridized carbons (Fsp3) is 0.652. The lowest BCUT2D eigenvalue weighted by molar-refractivity contribution is -0.127. The molecule has 0 bridgehead atoms. The van der Waals surface area contributed by atoms with E-state index in [4.69, 9.17) is 4.74 Å². The predicted molar refractivity (Wildman–Crippen MR) is 123 cm³/mol. The first-order valence-corrected chi connectivity index (χ1v) is 11.1. The van der Waals surface area contributed by atoms with Crippen LogP contribution in [-0.4, -0.2) is 81.6 Å². The van der Waals surface area contributed by atoms with Gasteiger partial charge in [-0.25, -0.2) is 4.99 Å². The molecule has 2 N–H and O–H groups in total. The Hall–Kier alpha value is -2.28. The Bertz CT molecular complexity index is 660. The van der Waals surface area contributed by atoms with Crippen LogP contribution in [0.1, 0.15) is 38.2 Å². The second-order valence-electron chi connectivity index (χ2n) is 8.14. The quantitative estimate of drug-likeness (QED) is 0.347. The number of benzene rings is 1. The van der Waals surface area contributed by atoms with Crippen molar-refractivity contribution in [1.29, 1.82) is 0 Å². The third kappa shape index (κ3) is 8.61. The fourth-order valence-electron chi connectivity index (χ4n) is 3.56. The molecule has 1 unspecified atom stereocenters. The van der Waals surface area contributed by atoms with E-state index < -0.39 is 0 Å². The molecule has 1 fully saturated rings. The lowest BCUT2D eigenvalue weighted by Crippen LogP contribution is -2.42. The summed E-state index contributed by atoms with van der Waals surface area (Å²) in [5.41, 5.74) is 1.23. The SMILES string of the molecule is COc1ccc(CCNC(=NCC(=O)N(C)C)NCCCN2CCCCC2C)cc1. The predicted octanol–water partition coefficient (Wildman–Crippen LogP) is 2.13. The van der Waals surface area contributed by atoms with Gasteiger partial charge in [-0.3, -0.25) is 4.79 Å². The highest BCUT2D eigenvalue weighted by Crippen LogP contribution is 2.16. The summed E-state index contributed by atoms with van der Waals surface area (Å²) in [6, 6.07) is 8.77. The van der Waals surface area contributed by atoms with Gasteiger partial charge < -0.3 is 25.2 Å². The molecule has 0 radical (unpaired) electrons. The first-order valence-electron chi connectivity index (χ1n) is 11.1. The van der Waals surface area contributed by atoms with E-state index in [1.165, 1.54) is 31.4 Å². The van der Waals surface area contributed by atoms with Crippen LogP contribution < -0.4 is 15.4 Å². The summed E-state index contributed by atoms with van der Waals surface area (Å²) < 4.78 is 5.21. The highest BCUT2D eigenvalue weighted by Gasteiger charge is 2.17. The van der Waals surface area contributed by atoms with Crippen molar-refractivity contribution in [1.82, 2.24) is 20.4 Å². The number of likely N-dealkylation sites (N-methyl/N-ethyl adjacent to an activating group) is 1. The van der Waals surface area contributed by atoms with Gasteiger partial charge in [-0.15, -0.1) is 0 Å². The molecule has 0 saturated carbocycles. The third-order valence-corrected chi connectivity index (χ3v) is 5.59. The van der Waals surface area contributed by atoms with E-state index in [2.05, 4.69) is 39.6 Å². The maximum Gasteiger partial charge on any atom is 0.243 e. The normalized spacial score (nSPS) is 17.5. The van der Waals surface area contributed by atoms with Crippen molar-refractivity contribution in [3.05, 3.63) is 29.8 Å². The summed E-state index contributed by atoms with van der Waals surface area (Å²) in [7, 11) is 5.18. The van der Waals surface area contributed by atoms with E-state index in [-0.39, 0.29) is 12.5 Å². The van der Waals surface area contributed by atoms with Gasteiger partial charge in [0.05, 0.1) is 7.11 Å². The zero-order valence-corrected chi connectivity index (χ0v) is 19.1. The number of aliphatic imine (C=N–C) groups is 1. The summed E-state index contributed by atoms with van der Waals surface area (Å²) >= 11 is 0. The minimum absolute atomic E-state index is 0.00611. The summed E-state index contributed by atoms with van der Waals surface area (Å²) in [5.74, 6) is 1.56. The van der Waals surface area contributed by atoms with E-state index in [1.54, 1.807) is 26.1 Å². The van der Waals surface area contributed by atoms with Gasteiger partial charge in [0.1, 0.15) is 12.3 Å². The van der Waals surface area contributed by atoms with Crippen LogP contribution in [0.5, 0.6) is 5.75 Å². The first kappa shape index (κ1) is 24.0. The van der Waals surface area contributed by atoms with Gasteiger partial charge in [-0.1, -0.05) is 18.6 Å². The monoisotopic (exact) mass is 417 g/mol. The van der Waals surface area contributed by atoms with Crippen LogP contribution in [0.15, 0.2) is 29.3 Å². The minimum Gasteiger partial charge on any atom is -0.497 e. The van der Waals surface area contributed by atoms with Gasteiger partial charge in [0.15, 0.2) is 5.96 Å². The number of rotatable bonds is 10. The zero-order chi connectivity index (χ0) is 21.8. The number of carbonyl (C=O) groups excluding carboxylic acids is 1. The molecule has 168 valence electrons. The van der Waals surface area contributed by atoms with Gasteiger partial charge in [0.2, 0.25) is 5.91 Å². The van der Waals surface area contributed by atoms with Crippen LogP contribution in [0.3, 0.4) is 0 Å². The fourth-order valence-corrected chi connectivity index (χ4v) is 3.56. The molecule has 2 rings (SSSR count). The molecule has 1 atom stereocenters. The Morgan fingerprint density at radius 2 is 1.93 bits per heavy atom. The van der Waals surface area contributed by atoms with E-state index in [0.717, 1.165) is 38.2 Å². The van der Waals surface area contributed by atoms with Crippen LogP contribution in [-0.2, 0) is 11.2 Å². The van der Waals surface area contributed by atoms with Crippen molar-refractivity contribution in [2.45, 2.75) is 45.1 Å². The van der Waals surface area contributed by atoms with Gasteiger partial charge >= 0.3 is 0 Å². The Morgan fingerprint density at radius 3 is 2.60 bits per heavy atom. The number of methoxy groups -OCH3 is 1. The third-order valence-electron chi connectivity index (χ3n) is 5.59. The topological polar surface area (TPSA) is 69.2 Å². The van der Waals surface area contributed by atoms with Crippen molar-refractivity contribution in [2.24, 2.45) is 4.99 Å². The van der Waals surface area contributed by atoms with E-state index >= 15 is 0 Å².